The Morgan fingerprint density at radius 2 is 1.82 bits per heavy atom. The molecule has 3 rings (SSSR count). The Bertz CT molecular complexity index is 790. The van der Waals surface area contributed by atoms with Crippen LogP contribution in [0.2, 0.25) is 0 Å². The first-order valence-corrected chi connectivity index (χ1v) is 10.5. The van der Waals surface area contributed by atoms with Gasteiger partial charge in [0.15, 0.2) is 0 Å². The van der Waals surface area contributed by atoms with Crippen LogP contribution in [0.3, 0.4) is 0 Å². The Hall–Kier alpha value is -2.02. The number of nitrogens with zero attached hydrogens (tertiary/aromatic N) is 1. The lowest BCUT2D eigenvalue weighted by atomic mass is 9.94. The second-order valence-corrected chi connectivity index (χ2v) is 10.4. The van der Waals surface area contributed by atoms with Crippen molar-refractivity contribution >= 4 is 29.5 Å². The third-order valence-corrected chi connectivity index (χ3v) is 7.06. The van der Waals surface area contributed by atoms with E-state index in [-0.39, 0.29) is 23.1 Å². The fraction of sp³-hybridized carbons (Fsp3) is 0.571. The fourth-order valence-electron chi connectivity index (χ4n) is 3.99. The number of carboxylic acids is 1. The molecule has 1 aromatic carbocycles. The highest BCUT2D eigenvalue weighted by Gasteiger charge is 2.64. The number of carboxylic acid groups (broad SMARTS) is 1. The lowest BCUT2D eigenvalue weighted by Crippen LogP contribution is -2.70. The second kappa shape index (κ2) is 7.43. The molecule has 0 spiro atoms. The average molecular weight is 405 g/mol. The number of fused-ring (bicyclic) bond motifs is 1. The van der Waals surface area contributed by atoms with Gasteiger partial charge in [-0.05, 0) is 44.2 Å². The van der Waals surface area contributed by atoms with Crippen LogP contribution in [0.15, 0.2) is 24.3 Å². The predicted molar refractivity (Wildman–Crippen MR) is 109 cm³/mol. The molecule has 2 fully saturated rings. The van der Waals surface area contributed by atoms with Gasteiger partial charge < -0.3 is 15.3 Å². The summed E-state index contributed by atoms with van der Waals surface area (Å²) in [5.41, 5.74) is 2.14. The summed E-state index contributed by atoms with van der Waals surface area (Å²) in [6, 6.07) is 6.48. The van der Waals surface area contributed by atoms with Gasteiger partial charge >= 0.3 is 5.97 Å². The fourth-order valence-corrected chi connectivity index (χ4v) is 5.61. The van der Waals surface area contributed by atoms with Crippen molar-refractivity contribution in [3.63, 3.8) is 0 Å². The molecule has 2 aliphatic heterocycles. The van der Waals surface area contributed by atoms with Crippen LogP contribution in [0.5, 0.6) is 0 Å². The van der Waals surface area contributed by atoms with E-state index in [1.807, 2.05) is 45.0 Å². The van der Waals surface area contributed by atoms with Gasteiger partial charge in [0.2, 0.25) is 11.8 Å². The molecule has 2 amide bonds. The van der Waals surface area contributed by atoms with E-state index in [4.69, 9.17) is 0 Å². The van der Waals surface area contributed by atoms with Gasteiger partial charge in [-0.15, -0.1) is 11.8 Å². The van der Waals surface area contributed by atoms with Crippen molar-refractivity contribution in [2.24, 2.45) is 5.92 Å². The van der Waals surface area contributed by atoms with Crippen LogP contribution in [0, 0.1) is 5.92 Å². The molecule has 2 saturated heterocycles. The molecule has 4 unspecified atom stereocenters. The maximum atomic E-state index is 12.7. The summed E-state index contributed by atoms with van der Waals surface area (Å²) in [4.78, 5) is 38.2. The molecule has 0 saturated carbocycles. The number of β-lactam (4-membered cyclic amide) rings is 1. The van der Waals surface area contributed by atoms with Crippen molar-refractivity contribution in [3.05, 3.63) is 35.4 Å². The zero-order valence-electron chi connectivity index (χ0n) is 16.9. The van der Waals surface area contributed by atoms with Gasteiger partial charge in [0.1, 0.15) is 17.5 Å². The minimum atomic E-state index is -1.01. The third kappa shape index (κ3) is 3.64. The molecule has 1 aromatic rings. The van der Waals surface area contributed by atoms with Crippen LogP contribution in [-0.4, -0.2) is 50.0 Å². The lowest BCUT2D eigenvalue weighted by Gasteiger charge is -2.43. The van der Waals surface area contributed by atoms with Gasteiger partial charge in [-0.25, -0.2) is 4.79 Å². The third-order valence-electron chi connectivity index (χ3n) is 5.49. The Kier molecular flexibility index (Phi) is 5.49. The van der Waals surface area contributed by atoms with Gasteiger partial charge in [-0.2, -0.15) is 0 Å². The molecule has 4 atom stereocenters. The Labute approximate surface area is 170 Å². The number of aliphatic carboxylic acids is 1. The van der Waals surface area contributed by atoms with E-state index in [1.54, 1.807) is 0 Å². The van der Waals surface area contributed by atoms with Crippen LogP contribution >= 0.6 is 11.8 Å². The summed E-state index contributed by atoms with van der Waals surface area (Å²) in [7, 11) is 0. The summed E-state index contributed by atoms with van der Waals surface area (Å²) in [5, 5.41) is 12.0. The van der Waals surface area contributed by atoms with Crippen molar-refractivity contribution in [2.75, 3.05) is 0 Å². The highest BCUT2D eigenvalue weighted by Crippen LogP contribution is 2.50. The zero-order valence-corrected chi connectivity index (χ0v) is 17.7. The Morgan fingerprint density at radius 3 is 2.36 bits per heavy atom. The number of carbonyl (C=O) groups excluding carboxylic acids is 2. The summed E-state index contributed by atoms with van der Waals surface area (Å²) < 4.78 is -0.594. The van der Waals surface area contributed by atoms with Crippen LogP contribution in [0.4, 0.5) is 0 Å². The quantitative estimate of drug-likeness (QED) is 0.712. The van der Waals surface area contributed by atoms with E-state index in [0.29, 0.717) is 5.92 Å². The normalized spacial score (nSPS) is 26.6. The Morgan fingerprint density at radius 1 is 1.21 bits per heavy atom. The molecular weight excluding hydrogens is 376 g/mol. The number of hydrogen-bond acceptors (Lipinski definition) is 4. The SMILES string of the molecule is CC(C)Cc1ccc(C(C)C(=O)NC2C(=O)N3C2SC(C)(C)C3C(=O)O)cc1. The van der Waals surface area contributed by atoms with Crippen molar-refractivity contribution in [3.8, 4) is 0 Å². The van der Waals surface area contributed by atoms with Crippen molar-refractivity contribution in [1.29, 1.82) is 0 Å². The van der Waals surface area contributed by atoms with Crippen LogP contribution in [-0.2, 0) is 20.8 Å². The number of amides is 2. The first-order valence-electron chi connectivity index (χ1n) is 9.65. The van der Waals surface area contributed by atoms with Crippen LogP contribution in [0.25, 0.3) is 0 Å². The summed E-state index contributed by atoms with van der Waals surface area (Å²) in [6.07, 6.45) is 0.993. The van der Waals surface area contributed by atoms with Crippen molar-refractivity contribution in [1.82, 2.24) is 10.2 Å². The molecule has 0 aromatic heterocycles. The topological polar surface area (TPSA) is 86.7 Å². The number of hydrogen-bond donors (Lipinski definition) is 2. The summed E-state index contributed by atoms with van der Waals surface area (Å²) in [5.74, 6) is -1.35. The van der Waals surface area contributed by atoms with Gasteiger partial charge in [0, 0.05) is 4.75 Å². The van der Waals surface area contributed by atoms with E-state index < -0.39 is 22.8 Å². The second-order valence-electron chi connectivity index (χ2n) is 8.65. The maximum Gasteiger partial charge on any atom is 0.327 e. The molecule has 0 radical (unpaired) electrons. The number of nitrogens with one attached hydrogen (secondary N) is 1. The largest absolute Gasteiger partial charge is 0.480 e. The van der Waals surface area contributed by atoms with E-state index in [2.05, 4.69) is 19.2 Å². The zero-order chi connectivity index (χ0) is 20.8. The van der Waals surface area contributed by atoms with Gasteiger partial charge in [0.05, 0.1) is 5.92 Å². The van der Waals surface area contributed by atoms with E-state index in [1.165, 1.54) is 22.2 Å². The summed E-state index contributed by atoms with van der Waals surface area (Å²) in [6.45, 7) is 9.80. The molecule has 152 valence electrons. The predicted octanol–water partition coefficient (Wildman–Crippen LogP) is 2.62. The number of benzene rings is 1. The molecule has 2 N–H and O–H groups in total. The molecular formula is C21H28N2O4S. The van der Waals surface area contributed by atoms with Gasteiger partial charge in [-0.3, -0.25) is 9.59 Å². The van der Waals surface area contributed by atoms with Crippen molar-refractivity contribution in [2.45, 2.75) is 69.2 Å². The Balaban J connectivity index is 1.65. The average Bonchev–Trinajstić information content (AvgIpc) is 2.87. The van der Waals surface area contributed by atoms with Crippen molar-refractivity contribution < 1.29 is 19.5 Å². The maximum absolute atomic E-state index is 12.7. The highest BCUT2D eigenvalue weighted by molar-refractivity contribution is 8.01. The highest BCUT2D eigenvalue weighted by atomic mass is 32.2. The molecule has 6 nitrogen and oxygen atoms in total. The standard InChI is InChI=1S/C21H28N2O4S/c1-11(2)10-13-6-8-14(9-7-13)12(3)17(24)22-15-18(25)23-16(20(26)27)21(4,5)28-19(15)23/h6-9,11-12,15-16,19H,10H2,1-5H3,(H,22,24)(H,26,27). The number of rotatable bonds is 6. The number of thioether (sulfide) groups is 1. The molecule has 7 heteroatoms. The molecule has 28 heavy (non-hydrogen) atoms. The van der Waals surface area contributed by atoms with E-state index in [9.17, 15) is 19.5 Å². The van der Waals surface area contributed by atoms with E-state index in [0.717, 1.165) is 12.0 Å². The molecule has 0 bridgehead atoms. The first kappa shape index (κ1) is 20.7. The van der Waals surface area contributed by atoms with Crippen LogP contribution in [0.1, 0.15) is 51.7 Å². The number of carbonyl (C=O) groups is 3. The smallest absolute Gasteiger partial charge is 0.327 e. The molecule has 2 aliphatic rings. The first-order chi connectivity index (χ1) is 13.0. The lowest BCUT2D eigenvalue weighted by molar-refractivity contribution is -0.161. The minimum Gasteiger partial charge on any atom is -0.480 e. The van der Waals surface area contributed by atoms with Gasteiger partial charge in [0.25, 0.3) is 0 Å². The minimum absolute atomic E-state index is 0.216. The monoisotopic (exact) mass is 404 g/mol. The summed E-state index contributed by atoms with van der Waals surface area (Å²) >= 11 is 1.43. The van der Waals surface area contributed by atoms with Gasteiger partial charge in [-0.1, -0.05) is 38.1 Å². The molecule has 2 heterocycles. The molecule has 0 aliphatic carbocycles. The van der Waals surface area contributed by atoms with Crippen LogP contribution < -0.4 is 5.32 Å². The van der Waals surface area contributed by atoms with E-state index >= 15 is 0 Å².